The molecule has 84 valence electrons. The number of rotatable bonds is 3. The summed E-state index contributed by atoms with van der Waals surface area (Å²) in [5.74, 6) is 0. The van der Waals surface area contributed by atoms with Gasteiger partial charge in [0.05, 0.1) is 11.6 Å². The Labute approximate surface area is 101 Å². The van der Waals surface area contributed by atoms with E-state index in [2.05, 4.69) is 16.4 Å². The van der Waals surface area contributed by atoms with Gasteiger partial charge in [-0.2, -0.15) is 5.26 Å². The Balaban J connectivity index is 2.03. The highest BCUT2D eigenvalue weighted by Crippen LogP contribution is 2.13. The molecular weight excluding hydrogens is 210 g/mol. The average Bonchev–Trinajstić information content (AvgIpc) is 2.38. The maximum atomic E-state index is 8.70. The van der Waals surface area contributed by atoms with Crippen LogP contribution in [0.4, 0.5) is 5.69 Å². The second kappa shape index (κ2) is 5.13. The summed E-state index contributed by atoms with van der Waals surface area (Å²) in [6, 6.07) is 11.6. The number of nitrogens with one attached hydrogen (secondary N) is 1. The van der Waals surface area contributed by atoms with Crippen molar-refractivity contribution >= 4 is 5.69 Å². The van der Waals surface area contributed by atoms with E-state index in [9.17, 15) is 0 Å². The Kier molecular flexibility index (Phi) is 3.37. The maximum Gasteiger partial charge on any atom is 0.0991 e. The maximum absolute atomic E-state index is 8.70. The molecule has 0 aliphatic heterocycles. The van der Waals surface area contributed by atoms with Crippen LogP contribution in [0, 0.1) is 18.3 Å². The number of pyridine rings is 1. The highest BCUT2D eigenvalue weighted by atomic mass is 14.9. The van der Waals surface area contributed by atoms with Gasteiger partial charge in [-0.15, -0.1) is 0 Å². The van der Waals surface area contributed by atoms with Crippen molar-refractivity contribution in [3.8, 4) is 6.07 Å². The molecule has 2 aromatic rings. The molecule has 2 rings (SSSR count). The van der Waals surface area contributed by atoms with Gasteiger partial charge in [-0.05, 0) is 36.2 Å². The molecule has 0 bridgehead atoms. The van der Waals surface area contributed by atoms with E-state index in [1.165, 1.54) is 0 Å². The first-order valence-corrected chi connectivity index (χ1v) is 5.43. The lowest BCUT2D eigenvalue weighted by Gasteiger charge is -2.08. The van der Waals surface area contributed by atoms with Crippen molar-refractivity contribution in [3.05, 3.63) is 59.4 Å². The summed E-state index contributed by atoms with van der Waals surface area (Å²) in [4.78, 5) is 4.05. The summed E-state index contributed by atoms with van der Waals surface area (Å²) < 4.78 is 0. The molecule has 0 fully saturated rings. The molecule has 0 atom stereocenters. The van der Waals surface area contributed by atoms with Gasteiger partial charge in [0, 0.05) is 24.6 Å². The number of hydrogen-bond donors (Lipinski definition) is 1. The fourth-order valence-corrected chi connectivity index (χ4v) is 1.57. The predicted octanol–water partition coefficient (Wildman–Crippen LogP) is 2.87. The number of aryl methyl sites for hydroxylation is 1. The van der Waals surface area contributed by atoms with Gasteiger partial charge in [0.15, 0.2) is 0 Å². The van der Waals surface area contributed by atoms with E-state index in [0.29, 0.717) is 5.56 Å². The SMILES string of the molecule is Cc1cnccc1NCc1ccc(C#N)cc1. The molecule has 0 unspecified atom stereocenters. The molecule has 3 nitrogen and oxygen atoms in total. The minimum atomic E-state index is 0.689. The van der Waals surface area contributed by atoms with Crippen LogP contribution in [0.5, 0.6) is 0 Å². The summed E-state index contributed by atoms with van der Waals surface area (Å²) >= 11 is 0. The van der Waals surface area contributed by atoms with Crippen molar-refractivity contribution in [1.29, 1.82) is 5.26 Å². The summed E-state index contributed by atoms with van der Waals surface area (Å²) in [7, 11) is 0. The largest absolute Gasteiger partial charge is 0.381 e. The van der Waals surface area contributed by atoms with Crippen LogP contribution in [0.3, 0.4) is 0 Å². The van der Waals surface area contributed by atoms with E-state index in [1.807, 2.05) is 43.5 Å². The highest BCUT2D eigenvalue weighted by molar-refractivity contribution is 5.49. The quantitative estimate of drug-likeness (QED) is 0.870. The normalized spacial score (nSPS) is 9.65. The molecule has 3 heteroatoms. The van der Waals surface area contributed by atoms with Crippen LogP contribution in [0.1, 0.15) is 16.7 Å². The van der Waals surface area contributed by atoms with Crippen LogP contribution in [-0.4, -0.2) is 4.98 Å². The predicted molar refractivity (Wildman–Crippen MR) is 67.5 cm³/mol. The van der Waals surface area contributed by atoms with E-state index < -0.39 is 0 Å². The van der Waals surface area contributed by atoms with Crippen LogP contribution in [0.2, 0.25) is 0 Å². The van der Waals surface area contributed by atoms with Crippen molar-refractivity contribution < 1.29 is 0 Å². The van der Waals surface area contributed by atoms with E-state index in [1.54, 1.807) is 6.20 Å². The molecule has 17 heavy (non-hydrogen) atoms. The minimum Gasteiger partial charge on any atom is -0.381 e. The summed E-state index contributed by atoms with van der Waals surface area (Å²) in [6.07, 6.45) is 3.61. The van der Waals surface area contributed by atoms with E-state index in [-0.39, 0.29) is 0 Å². The molecule has 1 aromatic heterocycles. The molecular formula is C14H13N3. The zero-order valence-corrected chi connectivity index (χ0v) is 9.64. The molecule has 0 aliphatic carbocycles. The van der Waals surface area contributed by atoms with E-state index in [4.69, 9.17) is 5.26 Å². The standard InChI is InChI=1S/C14H13N3/c1-11-9-16-7-6-14(11)17-10-13-4-2-12(8-15)3-5-13/h2-7,9H,10H2,1H3,(H,16,17). The van der Waals surface area contributed by atoms with Gasteiger partial charge in [-0.1, -0.05) is 12.1 Å². The lowest BCUT2D eigenvalue weighted by molar-refractivity contribution is 1.13. The van der Waals surface area contributed by atoms with Crippen LogP contribution in [-0.2, 0) is 6.54 Å². The van der Waals surface area contributed by atoms with Crippen molar-refractivity contribution in [2.24, 2.45) is 0 Å². The number of benzene rings is 1. The number of aromatic nitrogens is 1. The summed E-state index contributed by atoms with van der Waals surface area (Å²) in [5, 5.41) is 12.0. The number of nitriles is 1. The number of hydrogen-bond acceptors (Lipinski definition) is 3. The molecule has 0 saturated heterocycles. The van der Waals surface area contributed by atoms with Crippen molar-refractivity contribution in [3.63, 3.8) is 0 Å². The Morgan fingerprint density at radius 2 is 2.00 bits per heavy atom. The molecule has 0 saturated carbocycles. The third-order valence-electron chi connectivity index (χ3n) is 2.59. The Morgan fingerprint density at radius 1 is 1.24 bits per heavy atom. The van der Waals surface area contributed by atoms with Gasteiger partial charge in [-0.25, -0.2) is 0 Å². The molecule has 1 N–H and O–H groups in total. The van der Waals surface area contributed by atoms with Crippen LogP contribution >= 0.6 is 0 Å². The first-order valence-electron chi connectivity index (χ1n) is 5.43. The van der Waals surface area contributed by atoms with Crippen LogP contribution < -0.4 is 5.32 Å². The zero-order valence-electron chi connectivity index (χ0n) is 9.64. The number of nitrogens with zero attached hydrogens (tertiary/aromatic N) is 2. The van der Waals surface area contributed by atoms with Gasteiger partial charge in [0.1, 0.15) is 0 Å². The van der Waals surface area contributed by atoms with Crippen molar-refractivity contribution in [1.82, 2.24) is 4.98 Å². The van der Waals surface area contributed by atoms with Gasteiger partial charge in [0.25, 0.3) is 0 Å². The molecule has 1 heterocycles. The smallest absolute Gasteiger partial charge is 0.0991 e. The Bertz CT molecular complexity index is 538. The van der Waals surface area contributed by atoms with Crippen LogP contribution in [0.15, 0.2) is 42.7 Å². The summed E-state index contributed by atoms with van der Waals surface area (Å²) in [6.45, 7) is 2.77. The molecule has 0 amide bonds. The second-order valence-electron chi connectivity index (χ2n) is 3.85. The van der Waals surface area contributed by atoms with E-state index >= 15 is 0 Å². The van der Waals surface area contributed by atoms with Gasteiger partial charge in [0.2, 0.25) is 0 Å². The van der Waals surface area contributed by atoms with Crippen molar-refractivity contribution in [2.75, 3.05) is 5.32 Å². The Morgan fingerprint density at radius 3 is 2.65 bits per heavy atom. The highest BCUT2D eigenvalue weighted by Gasteiger charge is 1.97. The lowest BCUT2D eigenvalue weighted by Crippen LogP contribution is -2.01. The van der Waals surface area contributed by atoms with E-state index in [0.717, 1.165) is 23.4 Å². The molecule has 1 aromatic carbocycles. The molecule has 0 aliphatic rings. The van der Waals surface area contributed by atoms with Gasteiger partial charge < -0.3 is 5.32 Å². The topological polar surface area (TPSA) is 48.7 Å². The minimum absolute atomic E-state index is 0.689. The third kappa shape index (κ3) is 2.82. The van der Waals surface area contributed by atoms with Gasteiger partial charge in [-0.3, -0.25) is 4.98 Å². The molecule has 0 spiro atoms. The number of anilines is 1. The summed E-state index contributed by atoms with van der Waals surface area (Å²) in [5.41, 5.74) is 4.06. The monoisotopic (exact) mass is 223 g/mol. The Hall–Kier alpha value is -2.34. The molecule has 0 radical (unpaired) electrons. The van der Waals surface area contributed by atoms with Crippen LogP contribution in [0.25, 0.3) is 0 Å². The first kappa shape index (κ1) is 11.2. The average molecular weight is 223 g/mol. The fourth-order valence-electron chi connectivity index (χ4n) is 1.57. The first-order chi connectivity index (χ1) is 8.29. The fraction of sp³-hybridized carbons (Fsp3) is 0.143. The van der Waals surface area contributed by atoms with Gasteiger partial charge >= 0.3 is 0 Å². The lowest BCUT2D eigenvalue weighted by atomic mass is 10.1. The zero-order chi connectivity index (χ0) is 12.1. The van der Waals surface area contributed by atoms with Crippen molar-refractivity contribution in [2.45, 2.75) is 13.5 Å². The third-order valence-corrected chi connectivity index (χ3v) is 2.59. The second-order valence-corrected chi connectivity index (χ2v) is 3.85.